The molecule has 2 heterocycles. The molecule has 1 aromatic carbocycles. The van der Waals surface area contributed by atoms with Gasteiger partial charge in [-0.2, -0.15) is 4.98 Å². The topological polar surface area (TPSA) is 67.6 Å². The van der Waals surface area contributed by atoms with E-state index >= 15 is 0 Å². The Morgan fingerprint density at radius 1 is 1.10 bits per heavy atom. The van der Waals surface area contributed by atoms with Gasteiger partial charge in [-0.3, -0.25) is 14.3 Å². The molecule has 1 aliphatic heterocycles. The van der Waals surface area contributed by atoms with E-state index in [1.54, 1.807) is 4.57 Å². The smallest absolute Gasteiger partial charge is 0.265 e. The van der Waals surface area contributed by atoms with Gasteiger partial charge in [-0.25, -0.2) is 0 Å². The molecular formula is C23H33N3O3S. The molecule has 1 N–H and O–H groups in total. The van der Waals surface area contributed by atoms with Crippen LogP contribution >= 0.6 is 11.8 Å². The molecule has 0 bridgehead atoms. The molecule has 6 nitrogen and oxygen atoms in total. The fraction of sp³-hybridized carbons (Fsp3) is 0.565. The summed E-state index contributed by atoms with van der Waals surface area (Å²) in [5.74, 6) is 0.686. The summed E-state index contributed by atoms with van der Waals surface area (Å²) in [7, 11) is 0. The van der Waals surface area contributed by atoms with Crippen molar-refractivity contribution in [2.45, 2.75) is 50.6 Å². The minimum atomic E-state index is -0.155. The molecule has 1 aromatic heterocycles. The van der Waals surface area contributed by atoms with Gasteiger partial charge in [0, 0.05) is 25.4 Å². The lowest BCUT2D eigenvalue weighted by atomic mass is 10.1. The van der Waals surface area contributed by atoms with Gasteiger partial charge in [-0.15, -0.1) is 0 Å². The standard InChI is InChI=1S/C23H33N3O3S/c1-2-3-4-5-9-12-20-21(27)24-23(30-18-15-25-13-16-29-17-14-25)26(22(20)28)19-10-7-6-8-11-19/h6-8,10-11,27H,2-5,9,12-18H2,1H3. The zero-order valence-corrected chi connectivity index (χ0v) is 18.7. The lowest BCUT2D eigenvalue weighted by Crippen LogP contribution is -2.37. The van der Waals surface area contributed by atoms with Crippen LogP contribution in [0, 0.1) is 0 Å². The highest BCUT2D eigenvalue weighted by Crippen LogP contribution is 2.23. The Balaban J connectivity index is 1.77. The highest BCUT2D eigenvalue weighted by molar-refractivity contribution is 7.99. The number of unbranched alkanes of at least 4 members (excludes halogenated alkanes) is 4. The minimum Gasteiger partial charge on any atom is -0.493 e. The van der Waals surface area contributed by atoms with E-state index in [-0.39, 0.29) is 11.4 Å². The van der Waals surface area contributed by atoms with Crippen molar-refractivity contribution in [3.63, 3.8) is 0 Å². The van der Waals surface area contributed by atoms with Crippen LogP contribution in [0.15, 0.2) is 40.3 Å². The summed E-state index contributed by atoms with van der Waals surface area (Å²) in [4.78, 5) is 20.1. The normalized spacial score (nSPS) is 14.8. The van der Waals surface area contributed by atoms with E-state index in [1.165, 1.54) is 24.6 Å². The van der Waals surface area contributed by atoms with Crippen molar-refractivity contribution in [1.82, 2.24) is 14.5 Å². The van der Waals surface area contributed by atoms with Gasteiger partial charge in [0.15, 0.2) is 5.16 Å². The zero-order valence-electron chi connectivity index (χ0n) is 17.9. The average Bonchev–Trinajstić information content (AvgIpc) is 2.77. The van der Waals surface area contributed by atoms with Crippen LogP contribution in [-0.2, 0) is 11.2 Å². The highest BCUT2D eigenvalue weighted by Gasteiger charge is 2.18. The predicted octanol–water partition coefficient (Wildman–Crippen LogP) is 3.88. The minimum absolute atomic E-state index is 0.114. The van der Waals surface area contributed by atoms with Crippen LogP contribution < -0.4 is 5.56 Å². The van der Waals surface area contributed by atoms with Gasteiger partial charge < -0.3 is 9.84 Å². The first-order chi connectivity index (χ1) is 14.7. The van der Waals surface area contributed by atoms with Crippen molar-refractivity contribution in [3.05, 3.63) is 46.2 Å². The van der Waals surface area contributed by atoms with Crippen LogP contribution in [0.2, 0.25) is 0 Å². The van der Waals surface area contributed by atoms with Gasteiger partial charge in [-0.05, 0) is 25.0 Å². The van der Waals surface area contributed by atoms with E-state index in [4.69, 9.17) is 4.74 Å². The summed E-state index contributed by atoms with van der Waals surface area (Å²) in [5, 5.41) is 11.1. The number of morpholine rings is 1. The molecular weight excluding hydrogens is 398 g/mol. The highest BCUT2D eigenvalue weighted by atomic mass is 32.2. The molecule has 0 amide bonds. The Kier molecular flexibility index (Phi) is 9.24. The van der Waals surface area contributed by atoms with E-state index in [1.807, 2.05) is 30.3 Å². The van der Waals surface area contributed by atoms with Crippen LogP contribution in [0.1, 0.15) is 44.6 Å². The Morgan fingerprint density at radius 2 is 1.83 bits per heavy atom. The van der Waals surface area contributed by atoms with Crippen molar-refractivity contribution in [2.75, 3.05) is 38.6 Å². The number of thioether (sulfide) groups is 1. The third kappa shape index (κ3) is 6.33. The van der Waals surface area contributed by atoms with Crippen molar-refractivity contribution < 1.29 is 9.84 Å². The number of ether oxygens (including phenoxy) is 1. The van der Waals surface area contributed by atoms with Gasteiger partial charge in [0.05, 0.1) is 24.5 Å². The van der Waals surface area contributed by atoms with E-state index < -0.39 is 0 Å². The first-order valence-corrected chi connectivity index (χ1v) is 12.0. The molecule has 1 saturated heterocycles. The number of aromatic nitrogens is 2. The SMILES string of the molecule is CCCCCCCc1c(O)nc(SCCN2CCOCC2)n(-c2ccccc2)c1=O. The Bertz CT molecular complexity index is 836. The molecule has 0 spiro atoms. The maximum absolute atomic E-state index is 13.3. The van der Waals surface area contributed by atoms with E-state index in [0.717, 1.165) is 63.6 Å². The Labute approximate surface area is 183 Å². The van der Waals surface area contributed by atoms with Gasteiger partial charge in [-0.1, -0.05) is 62.6 Å². The number of para-hydroxylation sites is 1. The number of hydrogen-bond acceptors (Lipinski definition) is 6. The molecule has 30 heavy (non-hydrogen) atoms. The van der Waals surface area contributed by atoms with Crippen molar-refractivity contribution in [2.24, 2.45) is 0 Å². The second kappa shape index (κ2) is 12.1. The monoisotopic (exact) mass is 431 g/mol. The van der Waals surface area contributed by atoms with Crippen molar-refractivity contribution in [3.8, 4) is 11.6 Å². The van der Waals surface area contributed by atoms with E-state index in [9.17, 15) is 9.90 Å². The Hall–Kier alpha value is -1.83. The zero-order chi connectivity index (χ0) is 21.2. The maximum atomic E-state index is 13.3. The molecule has 1 aliphatic rings. The third-order valence-electron chi connectivity index (χ3n) is 5.41. The Morgan fingerprint density at radius 3 is 2.57 bits per heavy atom. The predicted molar refractivity (Wildman–Crippen MR) is 122 cm³/mol. The molecule has 0 saturated carbocycles. The average molecular weight is 432 g/mol. The summed E-state index contributed by atoms with van der Waals surface area (Å²) < 4.78 is 7.06. The fourth-order valence-corrected chi connectivity index (χ4v) is 4.64. The second-order valence-corrected chi connectivity index (χ2v) is 8.70. The molecule has 0 atom stereocenters. The summed E-state index contributed by atoms with van der Waals surface area (Å²) in [5.41, 5.74) is 1.06. The largest absolute Gasteiger partial charge is 0.493 e. The molecule has 2 aromatic rings. The van der Waals surface area contributed by atoms with Crippen LogP contribution in [0.4, 0.5) is 0 Å². The molecule has 0 radical (unpaired) electrons. The van der Waals surface area contributed by atoms with Gasteiger partial charge >= 0.3 is 0 Å². The first kappa shape index (κ1) is 22.8. The third-order valence-corrected chi connectivity index (χ3v) is 6.33. The van der Waals surface area contributed by atoms with Gasteiger partial charge in [0.2, 0.25) is 5.88 Å². The quantitative estimate of drug-likeness (QED) is 0.331. The summed E-state index contributed by atoms with van der Waals surface area (Å²) in [6.07, 6.45) is 6.07. The lowest BCUT2D eigenvalue weighted by Gasteiger charge is -2.26. The molecule has 3 rings (SSSR count). The molecule has 0 unspecified atom stereocenters. The summed E-state index contributed by atoms with van der Waals surface area (Å²) >= 11 is 1.52. The number of hydrogen-bond donors (Lipinski definition) is 1. The number of benzene rings is 1. The van der Waals surface area contributed by atoms with Crippen LogP contribution in [0.5, 0.6) is 5.88 Å². The van der Waals surface area contributed by atoms with E-state index in [2.05, 4.69) is 16.8 Å². The van der Waals surface area contributed by atoms with Crippen LogP contribution in [0.3, 0.4) is 0 Å². The van der Waals surface area contributed by atoms with Crippen LogP contribution in [-0.4, -0.2) is 58.2 Å². The number of nitrogens with zero attached hydrogens (tertiary/aromatic N) is 3. The molecule has 1 fully saturated rings. The first-order valence-electron chi connectivity index (χ1n) is 11.0. The molecule has 7 heteroatoms. The maximum Gasteiger partial charge on any atom is 0.265 e. The number of aromatic hydroxyl groups is 1. The summed E-state index contributed by atoms with van der Waals surface area (Å²) in [6, 6.07) is 9.60. The summed E-state index contributed by atoms with van der Waals surface area (Å²) in [6.45, 7) is 6.49. The lowest BCUT2D eigenvalue weighted by molar-refractivity contribution is 0.0410. The van der Waals surface area contributed by atoms with E-state index in [0.29, 0.717) is 17.1 Å². The van der Waals surface area contributed by atoms with Gasteiger partial charge in [0.25, 0.3) is 5.56 Å². The molecule has 164 valence electrons. The fourth-order valence-electron chi connectivity index (χ4n) is 3.64. The van der Waals surface area contributed by atoms with Gasteiger partial charge in [0.1, 0.15) is 0 Å². The van der Waals surface area contributed by atoms with Crippen LogP contribution in [0.25, 0.3) is 5.69 Å². The molecule has 0 aliphatic carbocycles. The van der Waals surface area contributed by atoms with Crippen molar-refractivity contribution >= 4 is 11.8 Å². The second-order valence-electron chi connectivity index (χ2n) is 7.64. The van der Waals surface area contributed by atoms with Crippen molar-refractivity contribution in [1.29, 1.82) is 0 Å². The number of rotatable bonds is 11.